The van der Waals surface area contributed by atoms with Crippen LogP contribution in [-0.4, -0.2) is 22.1 Å². The van der Waals surface area contributed by atoms with E-state index in [1.165, 1.54) is 12.8 Å². The molecule has 1 unspecified atom stereocenters. The highest BCUT2D eigenvalue weighted by atomic mass is 79.9. The van der Waals surface area contributed by atoms with Crippen LogP contribution in [0.4, 0.5) is 0 Å². The number of aromatic nitrogens is 2. The van der Waals surface area contributed by atoms with E-state index in [4.69, 9.17) is 4.74 Å². The zero-order valence-electron chi connectivity index (χ0n) is 9.60. The number of fused-ring (bicyclic) bond motifs is 1. The zero-order valence-corrected chi connectivity index (χ0v) is 11.2. The lowest BCUT2D eigenvalue weighted by atomic mass is 10.1. The van der Waals surface area contributed by atoms with Crippen LogP contribution in [0.2, 0.25) is 0 Å². The largest absolute Gasteiger partial charge is 0.378 e. The number of hydrogen-bond acceptors (Lipinski definition) is 2. The van der Waals surface area contributed by atoms with Gasteiger partial charge in [-0.1, -0.05) is 0 Å². The smallest absolute Gasteiger partial charge is 0.115 e. The molecule has 17 heavy (non-hydrogen) atoms. The second kappa shape index (κ2) is 4.78. The summed E-state index contributed by atoms with van der Waals surface area (Å²) in [6.45, 7) is 0.900. The predicted octanol–water partition coefficient (Wildman–Crippen LogP) is 3.21. The SMILES string of the molecule is Brc1ccc2cnc(CC3CCCCO3)n2c1. The van der Waals surface area contributed by atoms with Crippen molar-refractivity contribution >= 4 is 21.4 Å². The summed E-state index contributed by atoms with van der Waals surface area (Å²) in [6, 6.07) is 4.11. The van der Waals surface area contributed by atoms with Gasteiger partial charge in [0, 0.05) is 23.7 Å². The van der Waals surface area contributed by atoms with Crippen LogP contribution in [0, 0.1) is 0 Å². The van der Waals surface area contributed by atoms with Crippen LogP contribution in [0.3, 0.4) is 0 Å². The summed E-state index contributed by atoms with van der Waals surface area (Å²) in [7, 11) is 0. The first-order chi connectivity index (χ1) is 8.33. The van der Waals surface area contributed by atoms with Crippen LogP contribution in [0.5, 0.6) is 0 Å². The van der Waals surface area contributed by atoms with Crippen molar-refractivity contribution in [3.05, 3.63) is 34.8 Å². The third kappa shape index (κ3) is 2.38. The number of rotatable bonds is 2. The molecule has 3 nitrogen and oxygen atoms in total. The summed E-state index contributed by atoms with van der Waals surface area (Å²) < 4.78 is 8.98. The first-order valence-corrected chi connectivity index (χ1v) is 6.85. The predicted molar refractivity (Wildman–Crippen MR) is 70.2 cm³/mol. The Kier molecular flexibility index (Phi) is 3.16. The lowest BCUT2D eigenvalue weighted by molar-refractivity contribution is 0.0156. The van der Waals surface area contributed by atoms with Crippen molar-refractivity contribution in [3.63, 3.8) is 0 Å². The minimum atomic E-state index is 0.341. The van der Waals surface area contributed by atoms with Crippen LogP contribution < -0.4 is 0 Å². The summed E-state index contributed by atoms with van der Waals surface area (Å²) in [5.74, 6) is 1.09. The molecule has 90 valence electrons. The number of imidazole rings is 1. The van der Waals surface area contributed by atoms with Crippen LogP contribution in [0.15, 0.2) is 29.0 Å². The van der Waals surface area contributed by atoms with Gasteiger partial charge >= 0.3 is 0 Å². The third-order valence-electron chi connectivity index (χ3n) is 3.25. The van der Waals surface area contributed by atoms with Gasteiger partial charge < -0.3 is 9.14 Å². The van der Waals surface area contributed by atoms with E-state index in [9.17, 15) is 0 Å². The molecular formula is C13H15BrN2O. The molecule has 2 aromatic rings. The van der Waals surface area contributed by atoms with Crippen molar-refractivity contribution in [1.82, 2.24) is 9.38 Å². The average molecular weight is 295 g/mol. The molecule has 1 fully saturated rings. The maximum absolute atomic E-state index is 5.77. The Morgan fingerprint density at radius 1 is 1.41 bits per heavy atom. The van der Waals surface area contributed by atoms with Crippen LogP contribution in [-0.2, 0) is 11.2 Å². The van der Waals surface area contributed by atoms with Crippen molar-refractivity contribution in [2.75, 3.05) is 6.61 Å². The highest BCUT2D eigenvalue weighted by Gasteiger charge is 2.16. The van der Waals surface area contributed by atoms with Gasteiger partial charge in [-0.15, -0.1) is 0 Å². The van der Waals surface area contributed by atoms with Crippen molar-refractivity contribution < 1.29 is 4.74 Å². The van der Waals surface area contributed by atoms with E-state index in [1.54, 1.807) is 0 Å². The standard InChI is InChI=1S/C13H15BrN2O/c14-10-4-5-11-8-15-13(16(11)9-10)7-12-3-1-2-6-17-12/h4-5,8-9,12H,1-3,6-7H2. The van der Waals surface area contributed by atoms with Gasteiger partial charge in [0.15, 0.2) is 0 Å². The van der Waals surface area contributed by atoms with E-state index in [1.807, 2.05) is 12.3 Å². The number of nitrogens with zero attached hydrogens (tertiary/aromatic N) is 2. The first kappa shape index (κ1) is 11.2. The number of hydrogen-bond donors (Lipinski definition) is 0. The first-order valence-electron chi connectivity index (χ1n) is 6.06. The maximum atomic E-state index is 5.77. The molecule has 0 N–H and O–H groups in total. The molecule has 2 aromatic heterocycles. The molecule has 1 saturated heterocycles. The molecule has 1 atom stereocenters. The Hall–Kier alpha value is -0.870. The molecule has 0 amide bonds. The molecule has 0 spiro atoms. The molecule has 3 heterocycles. The monoisotopic (exact) mass is 294 g/mol. The summed E-state index contributed by atoms with van der Waals surface area (Å²) >= 11 is 3.50. The van der Waals surface area contributed by atoms with Crippen molar-refractivity contribution in [2.45, 2.75) is 31.8 Å². The number of halogens is 1. The Morgan fingerprint density at radius 3 is 3.18 bits per heavy atom. The lowest BCUT2D eigenvalue weighted by Gasteiger charge is -2.21. The summed E-state index contributed by atoms with van der Waals surface area (Å²) in [5, 5.41) is 0. The maximum Gasteiger partial charge on any atom is 0.115 e. The fourth-order valence-electron chi connectivity index (χ4n) is 2.34. The number of ether oxygens (including phenoxy) is 1. The Labute approximate surface area is 109 Å². The van der Waals surface area contributed by atoms with Crippen molar-refractivity contribution in [1.29, 1.82) is 0 Å². The second-order valence-corrected chi connectivity index (χ2v) is 5.42. The van der Waals surface area contributed by atoms with E-state index < -0.39 is 0 Å². The molecule has 0 saturated carbocycles. The minimum Gasteiger partial charge on any atom is -0.378 e. The van der Waals surface area contributed by atoms with Crippen LogP contribution in [0.25, 0.3) is 5.52 Å². The molecule has 0 bridgehead atoms. The normalized spacial score (nSPS) is 20.9. The van der Waals surface area contributed by atoms with Crippen molar-refractivity contribution in [2.24, 2.45) is 0 Å². The zero-order chi connectivity index (χ0) is 11.7. The molecule has 0 aliphatic carbocycles. The summed E-state index contributed by atoms with van der Waals surface area (Å²) in [4.78, 5) is 4.49. The highest BCUT2D eigenvalue weighted by molar-refractivity contribution is 9.10. The van der Waals surface area contributed by atoms with E-state index >= 15 is 0 Å². The van der Waals surface area contributed by atoms with Crippen LogP contribution in [0.1, 0.15) is 25.1 Å². The van der Waals surface area contributed by atoms with Gasteiger partial charge in [-0.05, 0) is 47.3 Å². The van der Waals surface area contributed by atoms with Gasteiger partial charge in [-0.2, -0.15) is 0 Å². The molecule has 3 rings (SSSR count). The minimum absolute atomic E-state index is 0.341. The van der Waals surface area contributed by atoms with E-state index in [-0.39, 0.29) is 0 Å². The Morgan fingerprint density at radius 2 is 2.35 bits per heavy atom. The average Bonchev–Trinajstić information content (AvgIpc) is 2.73. The van der Waals surface area contributed by atoms with Gasteiger partial charge in [0.1, 0.15) is 5.82 Å². The third-order valence-corrected chi connectivity index (χ3v) is 3.72. The van der Waals surface area contributed by atoms with Gasteiger partial charge in [-0.25, -0.2) is 4.98 Å². The van der Waals surface area contributed by atoms with Gasteiger partial charge in [0.2, 0.25) is 0 Å². The fraction of sp³-hybridized carbons (Fsp3) is 0.462. The molecule has 4 heteroatoms. The number of pyridine rings is 1. The Bertz CT molecular complexity index is 517. The summed E-state index contributed by atoms with van der Waals surface area (Å²) in [6.07, 6.45) is 8.87. The van der Waals surface area contributed by atoms with Crippen molar-refractivity contribution in [3.8, 4) is 0 Å². The van der Waals surface area contributed by atoms with Gasteiger partial charge in [0.05, 0.1) is 17.8 Å². The van der Waals surface area contributed by atoms with E-state index in [0.29, 0.717) is 6.10 Å². The highest BCUT2D eigenvalue weighted by Crippen LogP contribution is 2.19. The lowest BCUT2D eigenvalue weighted by Crippen LogP contribution is -2.22. The van der Waals surface area contributed by atoms with Gasteiger partial charge in [-0.3, -0.25) is 0 Å². The fourth-order valence-corrected chi connectivity index (χ4v) is 2.68. The molecular weight excluding hydrogens is 280 g/mol. The van der Waals surface area contributed by atoms with Crippen LogP contribution >= 0.6 is 15.9 Å². The second-order valence-electron chi connectivity index (χ2n) is 4.51. The van der Waals surface area contributed by atoms with Gasteiger partial charge in [0.25, 0.3) is 0 Å². The molecule has 1 aliphatic rings. The van der Waals surface area contributed by atoms with E-state index in [2.05, 4.69) is 37.6 Å². The van der Waals surface area contributed by atoms with E-state index in [0.717, 1.165) is 35.3 Å². The molecule has 1 aliphatic heterocycles. The topological polar surface area (TPSA) is 26.5 Å². The molecule has 0 radical (unpaired) electrons. The summed E-state index contributed by atoms with van der Waals surface area (Å²) in [5.41, 5.74) is 1.14. The Balaban J connectivity index is 1.86. The quantitative estimate of drug-likeness (QED) is 0.850. The molecule has 0 aromatic carbocycles.